The molecule has 2 fully saturated rings. The first kappa shape index (κ1) is 22.8. The zero-order valence-corrected chi connectivity index (χ0v) is 18.1. The first-order valence-corrected chi connectivity index (χ1v) is 10.6. The monoisotopic (exact) mass is 394 g/mol. The number of Topliss-reactive ketones (excluding diaryl/α,β-unsaturated/α-hetero) is 1. The van der Waals surface area contributed by atoms with E-state index >= 15 is 0 Å². The highest BCUT2D eigenvalue weighted by atomic mass is 16.2. The van der Waals surface area contributed by atoms with E-state index in [2.05, 4.69) is 9.80 Å². The summed E-state index contributed by atoms with van der Waals surface area (Å²) in [5, 5.41) is 0. The van der Waals surface area contributed by atoms with Gasteiger partial charge in [-0.3, -0.25) is 24.2 Å². The predicted octanol–water partition coefficient (Wildman–Crippen LogP) is 0.969. The van der Waals surface area contributed by atoms with Gasteiger partial charge in [0.05, 0.1) is 6.54 Å². The second kappa shape index (κ2) is 9.83. The third kappa shape index (κ3) is 6.27. The Hall–Kier alpha value is -1.47. The van der Waals surface area contributed by atoms with Crippen LogP contribution in [0.2, 0.25) is 0 Å². The molecule has 2 aliphatic rings. The molecule has 0 aromatic carbocycles. The number of primary amides is 1. The largest absolute Gasteiger partial charge is 0.369 e. The molecule has 1 aliphatic heterocycles. The fraction of sp³-hybridized carbons (Fsp3) is 0.857. The summed E-state index contributed by atoms with van der Waals surface area (Å²) in [7, 11) is 1.86. The van der Waals surface area contributed by atoms with E-state index in [0.717, 1.165) is 58.4 Å². The topological polar surface area (TPSA) is 86.9 Å². The van der Waals surface area contributed by atoms with E-state index in [4.69, 9.17) is 5.73 Å². The Bertz CT molecular complexity index is 564. The standard InChI is InChI=1S/C21H38N4O3/c1-21(2,3)19(27)16-7-5-6-8-17(16)20(28)23(4)9-10-24-11-13-25(14-12-24)15-18(22)26/h16-17H,5-15H2,1-4H3,(H2,22,26)/t16-,17+/m0/s1. The molecule has 1 saturated carbocycles. The number of nitrogens with two attached hydrogens (primary N) is 1. The van der Waals surface area contributed by atoms with Crippen LogP contribution >= 0.6 is 0 Å². The van der Waals surface area contributed by atoms with E-state index in [-0.39, 0.29) is 29.4 Å². The number of carbonyl (C=O) groups is 3. The van der Waals surface area contributed by atoms with Crippen molar-refractivity contribution >= 4 is 17.6 Å². The molecular weight excluding hydrogens is 356 g/mol. The van der Waals surface area contributed by atoms with Crippen LogP contribution in [0.4, 0.5) is 0 Å². The number of likely N-dealkylation sites (N-methyl/N-ethyl adjacent to an activating group) is 1. The van der Waals surface area contributed by atoms with Gasteiger partial charge in [0.25, 0.3) is 0 Å². The molecule has 2 rings (SSSR count). The molecule has 1 heterocycles. The third-order valence-electron chi connectivity index (χ3n) is 6.13. The van der Waals surface area contributed by atoms with Gasteiger partial charge in [-0.15, -0.1) is 0 Å². The maximum atomic E-state index is 13.1. The fourth-order valence-electron chi connectivity index (χ4n) is 4.37. The number of carbonyl (C=O) groups excluding carboxylic acids is 3. The van der Waals surface area contributed by atoms with Crippen molar-refractivity contribution in [2.24, 2.45) is 23.0 Å². The summed E-state index contributed by atoms with van der Waals surface area (Å²) in [6, 6.07) is 0. The van der Waals surface area contributed by atoms with Crippen molar-refractivity contribution in [1.29, 1.82) is 0 Å². The van der Waals surface area contributed by atoms with E-state index in [1.807, 2.05) is 32.7 Å². The number of piperazine rings is 1. The molecule has 0 bridgehead atoms. The molecule has 160 valence electrons. The zero-order chi connectivity index (χ0) is 20.9. The molecule has 0 aromatic heterocycles. The number of amides is 2. The highest BCUT2D eigenvalue weighted by molar-refractivity contribution is 5.91. The number of ketones is 1. The van der Waals surface area contributed by atoms with E-state index in [9.17, 15) is 14.4 Å². The Morgan fingerprint density at radius 2 is 1.50 bits per heavy atom. The van der Waals surface area contributed by atoms with E-state index < -0.39 is 5.41 Å². The van der Waals surface area contributed by atoms with Crippen molar-refractivity contribution in [2.75, 3.05) is 52.9 Å². The predicted molar refractivity (Wildman–Crippen MR) is 110 cm³/mol. The molecule has 1 saturated heterocycles. The molecular formula is C21H38N4O3. The molecule has 0 radical (unpaired) electrons. The minimum atomic E-state index is -0.399. The van der Waals surface area contributed by atoms with Crippen LogP contribution in [-0.2, 0) is 14.4 Å². The number of nitrogens with zero attached hydrogens (tertiary/aromatic N) is 3. The first-order valence-electron chi connectivity index (χ1n) is 10.6. The average Bonchev–Trinajstić information content (AvgIpc) is 2.64. The molecule has 2 atom stereocenters. The third-order valence-corrected chi connectivity index (χ3v) is 6.13. The summed E-state index contributed by atoms with van der Waals surface area (Å²) >= 11 is 0. The van der Waals surface area contributed by atoms with Gasteiger partial charge in [-0.25, -0.2) is 0 Å². The van der Waals surface area contributed by atoms with Crippen molar-refractivity contribution in [3.05, 3.63) is 0 Å². The van der Waals surface area contributed by atoms with Crippen LogP contribution in [0.15, 0.2) is 0 Å². The minimum absolute atomic E-state index is 0.120. The van der Waals surface area contributed by atoms with Crippen molar-refractivity contribution < 1.29 is 14.4 Å². The van der Waals surface area contributed by atoms with Crippen LogP contribution in [-0.4, -0.2) is 85.2 Å². The van der Waals surface area contributed by atoms with Gasteiger partial charge in [-0.2, -0.15) is 0 Å². The summed E-state index contributed by atoms with van der Waals surface area (Å²) in [4.78, 5) is 43.2. The Morgan fingerprint density at radius 3 is 2.04 bits per heavy atom. The van der Waals surface area contributed by atoms with Gasteiger partial charge in [0.15, 0.2) is 0 Å². The smallest absolute Gasteiger partial charge is 0.231 e. The number of rotatable bonds is 7. The second-order valence-corrected chi connectivity index (χ2v) is 9.46. The summed E-state index contributed by atoms with van der Waals surface area (Å²) in [5.41, 5.74) is 4.86. The van der Waals surface area contributed by atoms with E-state index in [1.54, 1.807) is 0 Å². The lowest BCUT2D eigenvalue weighted by Gasteiger charge is -2.37. The lowest BCUT2D eigenvalue weighted by atomic mass is 9.70. The summed E-state index contributed by atoms with van der Waals surface area (Å²) < 4.78 is 0. The van der Waals surface area contributed by atoms with Gasteiger partial charge >= 0.3 is 0 Å². The summed E-state index contributed by atoms with van der Waals surface area (Å²) in [6.07, 6.45) is 3.72. The molecule has 0 aromatic rings. The molecule has 2 amide bonds. The normalized spacial score (nSPS) is 24.7. The molecule has 0 spiro atoms. The fourth-order valence-corrected chi connectivity index (χ4v) is 4.37. The molecule has 2 N–H and O–H groups in total. The van der Waals surface area contributed by atoms with Gasteiger partial charge in [0.2, 0.25) is 11.8 Å². The Balaban J connectivity index is 1.84. The molecule has 0 unspecified atom stereocenters. The van der Waals surface area contributed by atoms with Crippen LogP contribution in [0.1, 0.15) is 46.5 Å². The van der Waals surface area contributed by atoms with Gasteiger partial charge in [-0.1, -0.05) is 33.6 Å². The van der Waals surface area contributed by atoms with Crippen LogP contribution in [0, 0.1) is 17.3 Å². The van der Waals surface area contributed by atoms with Crippen LogP contribution in [0.25, 0.3) is 0 Å². The summed E-state index contributed by atoms with van der Waals surface area (Å²) in [6.45, 7) is 11.1. The van der Waals surface area contributed by atoms with Crippen LogP contribution in [0.3, 0.4) is 0 Å². The van der Waals surface area contributed by atoms with Crippen molar-refractivity contribution in [2.45, 2.75) is 46.5 Å². The van der Waals surface area contributed by atoms with Crippen LogP contribution < -0.4 is 5.73 Å². The molecule has 7 heteroatoms. The van der Waals surface area contributed by atoms with E-state index in [0.29, 0.717) is 13.1 Å². The maximum absolute atomic E-state index is 13.1. The van der Waals surface area contributed by atoms with E-state index in [1.165, 1.54) is 0 Å². The maximum Gasteiger partial charge on any atom is 0.231 e. The van der Waals surface area contributed by atoms with Gasteiger partial charge in [-0.05, 0) is 12.8 Å². The minimum Gasteiger partial charge on any atom is -0.369 e. The van der Waals surface area contributed by atoms with Crippen LogP contribution in [0.5, 0.6) is 0 Å². The average molecular weight is 395 g/mol. The number of hydrogen-bond acceptors (Lipinski definition) is 5. The molecule has 1 aliphatic carbocycles. The summed E-state index contributed by atoms with van der Waals surface area (Å²) in [5.74, 6) is -0.247. The second-order valence-electron chi connectivity index (χ2n) is 9.46. The number of hydrogen-bond donors (Lipinski definition) is 1. The lowest BCUT2D eigenvalue weighted by Crippen LogP contribution is -2.51. The first-order chi connectivity index (χ1) is 13.1. The van der Waals surface area contributed by atoms with Gasteiger partial charge in [0.1, 0.15) is 5.78 Å². The molecule has 28 heavy (non-hydrogen) atoms. The van der Waals surface area contributed by atoms with Gasteiger partial charge in [0, 0.05) is 63.6 Å². The Labute approximate surface area is 169 Å². The van der Waals surface area contributed by atoms with Gasteiger partial charge < -0.3 is 10.6 Å². The zero-order valence-electron chi connectivity index (χ0n) is 18.1. The quantitative estimate of drug-likeness (QED) is 0.695. The SMILES string of the molecule is CN(CCN1CCN(CC(N)=O)CC1)C(=O)[C@@H]1CCCC[C@@H]1C(=O)C(C)(C)C. The van der Waals surface area contributed by atoms with Crippen molar-refractivity contribution in [1.82, 2.24) is 14.7 Å². The Kier molecular flexibility index (Phi) is 8.01. The highest BCUT2D eigenvalue weighted by Crippen LogP contribution is 2.36. The van der Waals surface area contributed by atoms with Crippen molar-refractivity contribution in [3.63, 3.8) is 0 Å². The lowest BCUT2D eigenvalue weighted by molar-refractivity contribution is -0.145. The highest BCUT2D eigenvalue weighted by Gasteiger charge is 2.40. The Morgan fingerprint density at radius 1 is 0.964 bits per heavy atom. The van der Waals surface area contributed by atoms with Crippen molar-refractivity contribution in [3.8, 4) is 0 Å². The molecule has 7 nitrogen and oxygen atoms in total.